The first-order valence-corrected chi connectivity index (χ1v) is 6.72. The zero-order valence-electron chi connectivity index (χ0n) is 12.0. The number of alkyl halides is 3. The van der Waals surface area contributed by atoms with Gasteiger partial charge in [0.2, 0.25) is 11.8 Å². The van der Waals surface area contributed by atoms with Crippen LogP contribution >= 0.6 is 11.6 Å². The molecule has 2 aromatic heterocycles. The summed E-state index contributed by atoms with van der Waals surface area (Å²) in [6.07, 6.45) is -3.96. The van der Waals surface area contributed by atoms with Crippen molar-refractivity contribution in [3.05, 3.63) is 34.6 Å². The number of aromatic nitrogens is 3. The van der Waals surface area contributed by atoms with Crippen LogP contribution in [0.25, 0.3) is 0 Å². The fourth-order valence-electron chi connectivity index (χ4n) is 1.60. The second-order valence-electron chi connectivity index (χ2n) is 4.32. The second-order valence-corrected chi connectivity index (χ2v) is 4.73. The Bertz CT molecular complexity index is 731. The summed E-state index contributed by atoms with van der Waals surface area (Å²) >= 11 is 5.75. The summed E-state index contributed by atoms with van der Waals surface area (Å²) in [6.45, 7) is 1.82. The molecule has 0 saturated carbocycles. The molecule has 0 saturated heterocycles. The van der Waals surface area contributed by atoms with Gasteiger partial charge in [0.25, 0.3) is 0 Å². The summed E-state index contributed by atoms with van der Waals surface area (Å²) in [5.74, 6) is -0.815. The Morgan fingerprint density at radius 1 is 1.39 bits per heavy atom. The Hall–Kier alpha value is -2.29. The minimum absolute atomic E-state index is 0.00705. The van der Waals surface area contributed by atoms with Gasteiger partial charge in [-0.15, -0.1) is 0 Å². The minimum atomic E-state index is -4.56. The van der Waals surface area contributed by atoms with Crippen LogP contribution in [0.1, 0.15) is 23.0 Å². The molecule has 6 nitrogen and oxygen atoms in total. The van der Waals surface area contributed by atoms with E-state index in [1.165, 1.54) is 17.8 Å². The molecule has 0 fully saturated rings. The van der Waals surface area contributed by atoms with Gasteiger partial charge >= 0.3 is 12.1 Å². The van der Waals surface area contributed by atoms with E-state index in [0.29, 0.717) is 12.3 Å². The first kappa shape index (κ1) is 17.1. The Kier molecular flexibility index (Phi) is 4.79. The molecule has 0 unspecified atom stereocenters. The molecule has 0 aliphatic heterocycles. The molecule has 0 radical (unpaired) electrons. The normalized spacial score (nSPS) is 11.4. The Morgan fingerprint density at radius 3 is 2.65 bits per heavy atom. The SMILES string of the molecule is CCOC(=O)c1cc(Oc2ncc(C(F)(F)F)cc2Cl)n(C)n1. The molecule has 0 aliphatic carbocycles. The molecule has 0 amide bonds. The minimum Gasteiger partial charge on any atom is -0.461 e. The molecule has 2 aromatic rings. The highest BCUT2D eigenvalue weighted by Crippen LogP contribution is 2.34. The van der Waals surface area contributed by atoms with E-state index in [2.05, 4.69) is 10.1 Å². The molecule has 0 atom stereocenters. The van der Waals surface area contributed by atoms with Gasteiger partial charge in [-0.05, 0) is 13.0 Å². The molecule has 124 valence electrons. The van der Waals surface area contributed by atoms with Crippen LogP contribution in [0.4, 0.5) is 13.2 Å². The first-order valence-electron chi connectivity index (χ1n) is 6.34. The van der Waals surface area contributed by atoms with Crippen LogP contribution in [0.2, 0.25) is 5.02 Å². The average Bonchev–Trinajstić information content (AvgIpc) is 2.81. The number of carbonyl (C=O) groups is 1. The van der Waals surface area contributed by atoms with Crippen molar-refractivity contribution in [3.63, 3.8) is 0 Å². The largest absolute Gasteiger partial charge is 0.461 e. The highest BCUT2D eigenvalue weighted by Gasteiger charge is 2.32. The monoisotopic (exact) mass is 349 g/mol. The van der Waals surface area contributed by atoms with Gasteiger partial charge < -0.3 is 9.47 Å². The molecule has 2 heterocycles. The van der Waals surface area contributed by atoms with Crippen LogP contribution in [-0.2, 0) is 18.0 Å². The van der Waals surface area contributed by atoms with Gasteiger partial charge in [0.05, 0.1) is 12.2 Å². The molecule has 0 aromatic carbocycles. The lowest BCUT2D eigenvalue weighted by Gasteiger charge is -2.09. The number of hydrogen-bond acceptors (Lipinski definition) is 5. The van der Waals surface area contributed by atoms with Crippen molar-refractivity contribution >= 4 is 17.6 Å². The summed E-state index contributed by atoms with van der Waals surface area (Å²) in [6, 6.07) is 1.97. The standard InChI is InChI=1S/C13H11ClF3N3O3/c1-3-22-12(21)9-5-10(20(2)19-9)23-11-8(14)4-7(6-18-11)13(15,16)17/h4-6H,3H2,1-2H3. The van der Waals surface area contributed by atoms with Crippen LogP contribution in [0.5, 0.6) is 11.8 Å². The topological polar surface area (TPSA) is 66.2 Å². The van der Waals surface area contributed by atoms with Gasteiger partial charge in [0.1, 0.15) is 5.02 Å². The molecular weight excluding hydrogens is 339 g/mol. The average molecular weight is 350 g/mol. The van der Waals surface area contributed by atoms with Gasteiger partial charge in [-0.2, -0.15) is 18.3 Å². The quantitative estimate of drug-likeness (QED) is 0.791. The fourth-order valence-corrected chi connectivity index (χ4v) is 1.81. The maximum atomic E-state index is 12.6. The van der Waals surface area contributed by atoms with Gasteiger partial charge in [-0.1, -0.05) is 11.6 Å². The summed E-state index contributed by atoms with van der Waals surface area (Å²) in [5, 5.41) is 3.56. The maximum Gasteiger partial charge on any atom is 0.417 e. The van der Waals surface area contributed by atoms with E-state index in [9.17, 15) is 18.0 Å². The number of ether oxygens (including phenoxy) is 2. The van der Waals surface area contributed by atoms with Gasteiger partial charge in [-0.25, -0.2) is 14.5 Å². The van der Waals surface area contributed by atoms with Crippen molar-refractivity contribution in [3.8, 4) is 11.8 Å². The van der Waals surface area contributed by atoms with Crippen molar-refractivity contribution < 1.29 is 27.4 Å². The van der Waals surface area contributed by atoms with Gasteiger partial charge in [-0.3, -0.25) is 0 Å². The third-order valence-corrected chi connectivity index (χ3v) is 2.93. The first-order chi connectivity index (χ1) is 10.7. The molecule has 0 N–H and O–H groups in total. The lowest BCUT2D eigenvalue weighted by atomic mass is 10.3. The van der Waals surface area contributed by atoms with Crippen LogP contribution in [-0.4, -0.2) is 27.3 Å². The number of halogens is 4. The number of hydrogen-bond donors (Lipinski definition) is 0. The van der Waals surface area contributed by atoms with Crippen molar-refractivity contribution in [2.24, 2.45) is 7.05 Å². The number of pyridine rings is 1. The lowest BCUT2D eigenvalue weighted by molar-refractivity contribution is -0.137. The lowest BCUT2D eigenvalue weighted by Crippen LogP contribution is -2.06. The van der Waals surface area contributed by atoms with Crippen LogP contribution in [0.3, 0.4) is 0 Å². The highest BCUT2D eigenvalue weighted by molar-refractivity contribution is 6.31. The molecule has 2 rings (SSSR count). The van der Waals surface area contributed by atoms with E-state index in [1.807, 2.05) is 0 Å². The third kappa shape index (κ3) is 3.92. The van der Waals surface area contributed by atoms with Crippen LogP contribution in [0.15, 0.2) is 18.3 Å². The van der Waals surface area contributed by atoms with E-state index >= 15 is 0 Å². The number of rotatable bonds is 4. The maximum absolute atomic E-state index is 12.6. The van der Waals surface area contributed by atoms with E-state index in [-0.39, 0.29) is 29.1 Å². The predicted molar refractivity (Wildman–Crippen MR) is 73.5 cm³/mol. The van der Waals surface area contributed by atoms with Gasteiger partial charge in [0, 0.05) is 19.3 Å². The van der Waals surface area contributed by atoms with Crippen molar-refractivity contribution in [1.82, 2.24) is 14.8 Å². The Labute approximate surface area is 133 Å². The molecule has 23 heavy (non-hydrogen) atoms. The number of nitrogens with zero attached hydrogens (tertiary/aromatic N) is 3. The molecule has 10 heteroatoms. The zero-order chi connectivity index (χ0) is 17.2. The smallest absolute Gasteiger partial charge is 0.417 e. The Balaban J connectivity index is 2.24. The Morgan fingerprint density at radius 2 is 2.09 bits per heavy atom. The fraction of sp³-hybridized carbons (Fsp3) is 0.308. The van der Waals surface area contributed by atoms with Crippen molar-refractivity contribution in [2.75, 3.05) is 6.61 Å². The highest BCUT2D eigenvalue weighted by atomic mass is 35.5. The predicted octanol–water partition coefficient (Wildman–Crippen LogP) is 3.46. The summed E-state index contributed by atoms with van der Waals surface area (Å²) in [7, 11) is 1.48. The van der Waals surface area contributed by atoms with E-state index < -0.39 is 17.7 Å². The van der Waals surface area contributed by atoms with Crippen LogP contribution in [0, 0.1) is 0 Å². The summed E-state index contributed by atoms with van der Waals surface area (Å²) in [4.78, 5) is 15.1. The molecule has 0 bridgehead atoms. The summed E-state index contributed by atoms with van der Waals surface area (Å²) < 4.78 is 48.9. The number of esters is 1. The van der Waals surface area contributed by atoms with E-state index in [4.69, 9.17) is 21.1 Å². The molecule has 0 aliphatic rings. The number of carbonyl (C=O) groups excluding carboxylic acids is 1. The van der Waals surface area contributed by atoms with Crippen molar-refractivity contribution in [1.29, 1.82) is 0 Å². The third-order valence-electron chi connectivity index (χ3n) is 2.66. The van der Waals surface area contributed by atoms with E-state index in [1.54, 1.807) is 6.92 Å². The zero-order valence-corrected chi connectivity index (χ0v) is 12.8. The molecular formula is C13H11ClF3N3O3. The van der Waals surface area contributed by atoms with Crippen molar-refractivity contribution in [2.45, 2.75) is 13.1 Å². The van der Waals surface area contributed by atoms with E-state index in [0.717, 1.165) is 0 Å². The second kappa shape index (κ2) is 6.45. The molecule has 0 spiro atoms. The summed E-state index contributed by atoms with van der Waals surface area (Å²) in [5.41, 5.74) is -1.00. The van der Waals surface area contributed by atoms with Crippen LogP contribution < -0.4 is 4.74 Å². The number of aryl methyl sites for hydroxylation is 1. The van der Waals surface area contributed by atoms with Gasteiger partial charge in [0.15, 0.2) is 5.69 Å².